The van der Waals surface area contributed by atoms with Crippen molar-refractivity contribution in [1.82, 2.24) is 5.32 Å². The van der Waals surface area contributed by atoms with Crippen molar-refractivity contribution in [2.75, 3.05) is 11.9 Å². The molecule has 2 amide bonds. The molecule has 2 atom stereocenters. The smallest absolute Gasteiger partial charge is 0.326 e. The Morgan fingerprint density at radius 1 is 1.12 bits per heavy atom. The molecule has 0 bridgehead atoms. The van der Waals surface area contributed by atoms with E-state index < -0.39 is 35.8 Å². The summed E-state index contributed by atoms with van der Waals surface area (Å²) in [5, 5.41) is 23.2. The van der Waals surface area contributed by atoms with Crippen LogP contribution >= 0.6 is 0 Å². The van der Waals surface area contributed by atoms with Crippen LogP contribution in [-0.4, -0.2) is 106 Å². The maximum absolute atomic E-state index is 12.3. The second-order valence-electron chi connectivity index (χ2n) is 6.79. The summed E-state index contributed by atoms with van der Waals surface area (Å²) in [5.74, 6) is -3.75. The van der Waals surface area contributed by atoms with Crippen LogP contribution in [0.2, 0.25) is 0 Å². The van der Waals surface area contributed by atoms with Crippen molar-refractivity contribution in [3.05, 3.63) is 29.8 Å². The number of carboxylic acid groups (broad SMARTS) is 2. The van der Waals surface area contributed by atoms with Crippen LogP contribution in [0.1, 0.15) is 23.2 Å². The average Bonchev–Trinajstić information content (AvgIpc) is 2.75. The van der Waals surface area contributed by atoms with E-state index in [1.165, 1.54) is 18.3 Å². The van der Waals surface area contributed by atoms with Gasteiger partial charge in [-0.25, -0.2) is 9.79 Å². The molecular weight excluding hydrogens is 445 g/mol. The summed E-state index contributed by atoms with van der Waals surface area (Å²) in [5.41, 5.74) is 6.32. The molecule has 3 rings (SSSR count). The van der Waals surface area contributed by atoms with Crippen LogP contribution in [0.4, 0.5) is 5.69 Å². The number of aliphatic carboxylic acids is 2. The van der Waals surface area contributed by atoms with Crippen LogP contribution < -0.4 is 16.4 Å². The number of amides is 2. The fourth-order valence-corrected chi connectivity index (χ4v) is 2.82. The molecule has 14 heteroatoms. The number of carboxylic acids is 2. The van der Waals surface area contributed by atoms with Crippen molar-refractivity contribution in [3.63, 3.8) is 0 Å². The maximum atomic E-state index is 12.3. The molecule has 1 aromatic rings. The Kier molecular flexibility index (Phi) is 8.96. The number of guanidine groups is 1. The molecule has 2 heterocycles. The standard InChI is InChI=1S/C19H19N7O6.Na/c20-19-25-15-14(17(30)26-19)23-11(8-22-15)7-21-10-3-1-9(2-4-10)16(29)24-12(18(31)32)5-6-13(27)28;/h1-4,8,11-12,21H,5-7H2,(H,24,29)(H,27,28)(H,31,32)(H2,20,26,30);/t11?,12-;/m0./s1. The first-order chi connectivity index (χ1) is 15.2. The molecule has 6 N–H and O–H groups in total. The van der Waals surface area contributed by atoms with Crippen molar-refractivity contribution >= 4 is 82.7 Å². The number of amidine groups is 1. The van der Waals surface area contributed by atoms with E-state index in [1.807, 2.05) is 0 Å². The third kappa shape index (κ3) is 7.03. The van der Waals surface area contributed by atoms with Gasteiger partial charge in [0.25, 0.3) is 5.91 Å². The minimum atomic E-state index is -1.31. The van der Waals surface area contributed by atoms with Crippen molar-refractivity contribution < 1.29 is 29.4 Å². The monoisotopic (exact) mass is 464 g/mol. The molecule has 2 aliphatic rings. The molecule has 0 saturated heterocycles. The Bertz CT molecular complexity index is 1080. The topological polar surface area (TPSA) is 208 Å². The third-order valence-corrected chi connectivity index (χ3v) is 4.43. The zero-order valence-corrected chi connectivity index (χ0v) is 19.6. The molecular formula is C19H19N7NaO6. The van der Waals surface area contributed by atoms with Gasteiger partial charge in [-0.05, 0) is 30.7 Å². The van der Waals surface area contributed by atoms with E-state index in [2.05, 4.69) is 30.6 Å². The zero-order chi connectivity index (χ0) is 23.3. The van der Waals surface area contributed by atoms with Gasteiger partial charge in [0.2, 0.25) is 5.96 Å². The summed E-state index contributed by atoms with van der Waals surface area (Å²) in [4.78, 5) is 61.7. The van der Waals surface area contributed by atoms with Gasteiger partial charge in [0.15, 0.2) is 11.5 Å². The molecule has 0 aromatic heterocycles. The summed E-state index contributed by atoms with van der Waals surface area (Å²) in [6, 6.07) is 4.44. The van der Waals surface area contributed by atoms with Gasteiger partial charge in [0.05, 0.1) is 0 Å². The number of rotatable bonds is 9. The number of anilines is 1. The Morgan fingerprint density at radius 3 is 2.45 bits per heavy atom. The van der Waals surface area contributed by atoms with Gasteiger partial charge in [0, 0.05) is 60.0 Å². The first-order valence-corrected chi connectivity index (χ1v) is 9.42. The fraction of sp³-hybridized carbons (Fsp3) is 0.263. The molecule has 0 aliphatic carbocycles. The van der Waals surface area contributed by atoms with Crippen LogP contribution in [0.3, 0.4) is 0 Å². The first kappa shape index (κ1) is 25.8. The van der Waals surface area contributed by atoms with Gasteiger partial charge in [-0.2, -0.15) is 9.98 Å². The van der Waals surface area contributed by atoms with E-state index >= 15 is 0 Å². The summed E-state index contributed by atoms with van der Waals surface area (Å²) in [6.45, 7) is 0.300. The van der Waals surface area contributed by atoms with E-state index in [0.29, 0.717) is 12.2 Å². The van der Waals surface area contributed by atoms with Crippen molar-refractivity contribution in [3.8, 4) is 0 Å². The van der Waals surface area contributed by atoms with Crippen LogP contribution in [0.15, 0.2) is 44.2 Å². The number of fused-ring (bicyclic) bond motifs is 1. The van der Waals surface area contributed by atoms with Gasteiger partial charge in [-0.15, -0.1) is 0 Å². The van der Waals surface area contributed by atoms with Gasteiger partial charge < -0.3 is 26.6 Å². The predicted molar refractivity (Wildman–Crippen MR) is 120 cm³/mol. The van der Waals surface area contributed by atoms with Crippen LogP contribution in [0.25, 0.3) is 0 Å². The van der Waals surface area contributed by atoms with Crippen LogP contribution in [0, 0.1) is 0 Å². The number of hydrogen-bond donors (Lipinski definition) is 5. The zero-order valence-electron chi connectivity index (χ0n) is 17.6. The van der Waals surface area contributed by atoms with Gasteiger partial charge in [-0.1, -0.05) is 0 Å². The molecule has 33 heavy (non-hydrogen) atoms. The number of carbonyl (C=O) groups is 4. The van der Waals surface area contributed by atoms with Gasteiger partial charge in [-0.3, -0.25) is 19.4 Å². The first-order valence-electron chi connectivity index (χ1n) is 9.42. The molecule has 0 fully saturated rings. The predicted octanol–water partition coefficient (Wildman–Crippen LogP) is -1.09. The fourth-order valence-electron chi connectivity index (χ4n) is 2.82. The van der Waals surface area contributed by atoms with Crippen LogP contribution in [0.5, 0.6) is 0 Å². The Labute approximate surface area is 209 Å². The number of nitrogens with two attached hydrogens (primary N) is 1. The Hall–Kier alpha value is -3.42. The summed E-state index contributed by atoms with van der Waals surface area (Å²) >= 11 is 0. The molecule has 0 spiro atoms. The number of nitrogens with one attached hydrogen (secondary N) is 2. The number of nitrogens with zero attached hydrogens (tertiary/aromatic N) is 4. The number of benzene rings is 1. The quantitative estimate of drug-likeness (QED) is 0.283. The van der Waals surface area contributed by atoms with Crippen molar-refractivity contribution in [2.45, 2.75) is 24.9 Å². The molecule has 1 radical (unpaired) electrons. The molecule has 1 unspecified atom stereocenters. The SMILES string of the molecule is NC1=NC(=O)C2=NC(CNc3ccc(C(=O)N[C@@H](CCC(=O)O)C(=O)O)cc3)C=NC2=N1.[Na]. The maximum Gasteiger partial charge on any atom is 0.326 e. The molecule has 167 valence electrons. The van der Waals surface area contributed by atoms with Crippen molar-refractivity contribution in [1.29, 1.82) is 0 Å². The van der Waals surface area contributed by atoms with E-state index in [4.69, 9.17) is 15.9 Å². The Morgan fingerprint density at radius 2 is 1.82 bits per heavy atom. The molecule has 0 saturated carbocycles. The van der Waals surface area contributed by atoms with E-state index in [-0.39, 0.29) is 65.5 Å². The van der Waals surface area contributed by atoms with E-state index in [1.54, 1.807) is 12.1 Å². The molecule has 2 aliphatic heterocycles. The molecule has 13 nitrogen and oxygen atoms in total. The largest absolute Gasteiger partial charge is 0.481 e. The number of carbonyl (C=O) groups excluding carboxylic acids is 2. The normalized spacial score (nSPS) is 17.4. The summed E-state index contributed by atoms with van der Waals surface area (Å²) < 4.78 is 0. The summed E-state index contributed by atoms with van der Waals surface area (Å²) in [6.07, 6.45) is 0.911. The molecule has 1 aromatic carbocycles. The third-order valence-electron chi connectivity index (χ3n) is 4.43. The number of hydrogen-bond acceptors (Lipinski definition) is 9. The summed E-state index contributed by atoms with van der Waals surface area (Å²) in [7, 11) is 0. The Balaban J connectivity index is 0.00000385. The van der Waals surface area contributed by atoms with Crippen molar-refractivity contribution in [2.24, 2.45) is 25.7 Å². The second-order valence-corrected chi connectivity index (χ2v) is 6.79. The minimum Gasteiger partial charge on any atom is -0.481 e. The van der Waals surface area contributed by atoms with E-state index in [9.17, 15) is 19.2 Å². The van der Waals surface area contributed by atoms with E-state index in [0.717, 1.165) is 0 Å². The number of aliphatic imine (C=N–C) groups is 4. The second kappa shape index (κ2) is 11.4. The van der Waals surface area contributed by atoms with Gasteiger partial charge >= 0.3 is 17.8 Å². The average molecular weight is 464 g/mol. The van der Waals surface area contributed by atoms with Gasteiger partial charge in [0.1, 0.15) is 12.1 Å². The van der Waals surface area contributed by atoms with Crippen LogP contribution in [-0.2, 0) is 14.4 Å². The minimum absolute atomic E-state index is 0.